The van der Waals surface area contributed by atoms with Gasteiger partial charge < -0.3 is 14.7 Å². The van der Waals surface area contributed by atoms with Crippen LogP contribution < -0.4 is 0 Å². The van der Waals surface area contributed by atoms with E-state index in [4.69, 9.17) is 0 Å². The third kappa shape index (κ3) is 9.35. The molecule has 24 heavy (non-hydrogen) atoms. The van der Waals surface area contributed by atoms with Crippen LogP contribution in [0.2, 0.25) is 0 Å². The average Bonchev–Trinajstić information content (AvgIpc) is 2.60. The van der Waals surface area contributed by atoms with E-state index in [9.17, 15) is 0 Å². The lowest BCUT2D eigenvalue weighted by atomic mass is 10.2. The lowest BCUT2D eigenvalue weighted by Crippen LogP contribution is -2.33. The lowest BCUT2D eigenvalue weighted by Gasteiger charge is -2.20. The fourth-order valence-corrected chi connectivity index (χ4v) is 1.88. The molecule has 2 rings (SSSR count). The molecule has 0 unspecified atom stereocenters. The van der Waals surface area contributed by atoms with E-state index in [0.29, 0.717) is 0 Å². The predicted octanol–water partition coefficient (Wildman–Crippen LogP) is 2.18. The van der Waals surface area contributed by atoms with E-state index < -0.39 is 0 Å². The van der Waals surface area contributed by atoms with Crippen molar-refractivity contribution in [1.29, 1.82) is 0 Å². The van der Waals surface area contributed by atoms with Crippen molar-refractivity contribution in [3.8, 4) is 11.4 Å². The summed E-state index contributed by atoms with van der Waals surface area (Å²) >= 11 is 0. The van der Waals surface area contributed by atoms with Crippen LogP contribution in [0.25, 0.3) is 11.4 Å². The number of likely N-dealkylation sites (N-methyl/N-ethyl adjacent to an activating group) is 3. The molecule has 0 amide bonds. The SMILES string of the molecule is CN(C)CCN(C)CCN(C)C.c1ccc(-c2ccccn2)nc1. The average molecular weight is 329 g/mol. The number of aromatic nitrogens is 2. The first-order valence-corrected chi connectivity index (χ1v) is 8.29. The fourth-order valence-electron chi connectivity index (χ4n) is 1.88. The lowest BCUT2D eigenvalue weighted by molar-refractivity contribution is 0.254. The summed E-state index contributed by atoms with van der Waals surface area (Å²) in [5, 5.41) is 0. The van der Waals surface area contributed by atoms with E-state index in [-0.39, 0.29) is 0 Å². The summed E-state index contributed by atoms with van der Waals surface area (Å²) in [7, 11) is 10.6. The smallest absolute Gasteiger partial charge is 0.0886 e. The van der Waals surface area contributed by atoms with Gasteiger partial charge in [0.05, 0.1) is 11.4 Å². The molecule has 0 aromatic carbocycles. The normalized spacial score (nSPS) is 10.8. The van der Waals surface area contributed by atoms with Gasteiger partial charge in [0.2, 0.25) is 0 Å². The maximum absolute atomic E-state index is 4.19. The third-order valence-corrected chi connectivity index (χ3v) is 3.45. The van der Waals surface area contributed by atoms with E-state index in [0.717, 1.165) is 37.6 Å². The van der Waals surface area contributed by atoms with Crippen LogP contribution in [0.4, 0.5) is 0 Å². The first kappa shape index (κ1) is 20.2. The van der Waals surface area contributed by atoms with E-state index in [2.05, 4.69) is 59.9 Å². The van der Waals surface area contributed by atoms with Gasteiger partial charge in [-0.05, 0) is 59.5 Å². The van der Waals surface area contributed by atoms with Crippen LogP contribution in [-0.4, -0.2) is 86.1 Å². The van der Waals surface area contributed by atoms with Crippen LogP contribution >= 0.6 is 0 Å². The van der Waals surface area contributed by atoms with Crippen molar-refractivity contribution in [2.45, 2.75) is 0 Å². The summed E-state index contributed by atoms with van der Waals surface area (Å²) in [6.45, 7) is 4.59. The zero-order valence-electron chi connectivity index (χ0n) is 15.7. The van der Waals surface area contributed by atoms with Gasteiger partial charge in [-0.2, -0.15) is 0 Å². The van der Waals surface area contributed by atoms with E-state index in [1.54, 1.807) is 12.4 Å². The Kier molecular flexibility index (Phi) is 9.84. The van der Waals surface area contributed by atoms with Gasteiger partial charge in [0.1, 0.15) is 0 Å². The van der Waals surface area contributed by atoms with Crippen LogP contribution in [0.5, 0.6) is 0 Å². The van der Waals surface area contributed by atoms with Crippen molar-refractivity contribution in [2.24, 2.45) is 0 Å². The second-order valence-corrected chi connectivity index (χ2v) is 6.34. The molecule has 0 saturated carbocycles. The summed E-state index contributed by atoms with van der Waals surface area (Å²) in [5.74, 6) is 0. The Morgan fingerprint density at radius 3 is 1.33 bits per heavy atom. The molecule has 0 aliphatic rings. The molecule has 2 heterocycles. The molecule has 2 aromatic rings. The molecule has 132 valence electrons. The highest BCUT2D eigenvalue weighted by Crippen LogP contribution is 2.10. The second kappa shape index (κ2) is 11.7. The minimum absolute atomic E-state index is 0.915. The van der Waals surface area contributed by atoms with Gasteiger partial charge in [-0.15, -0.1) is 0 Å². The van der Waals surface area contributed by atoms with Crippen LogP contribution in [0.1, 0.15) is 0 Å². The minimum atomic E-state index is 0.915. The van der Waals surface area contributed by atoms with Crippen molar-refractivity contribution >= 4 is 0 Å². The maximum Gasteiger partial charge on any atom is 0.0886 e. The molecule has 0 saturated heterocycles. The van der Waals surface area contributed by atoms with Gasteiger partial charge in [-0.3, -0.25) is 9.97 Å². The molecule has 0 aliphatic heterocycles. The van der Waals surface area contributed by atoms with Crippen molar-refractivity contribution < 1.29 is 0 Å². The van der Waals surface area contributed by atoms with Crippen LogP contribution in [0, 0.1) is 0 Å². The van der Waals surface area contributed by atoms with E-state index >= 15 is 0 Å². The quantitative estimate of drug-likeness (QED) is 0.778. The topological polar surface area (TPSA) is 35.5 Å². The van der Waals surface area contributed by atoms with Crippen LogP contribution in [0.3, 0.4) is 0 Å². The molecule has 0 N–H and O–H groups in total. The molecule has 0 fully saturated rings. The van der Waals surface area contributed by atoms with Gasteiger partial charge in [-0.1, -0.05) is 12.1 Å². The van der Waals surface area contributed by atoms with Crippen molar-refractivity contribution in [1.82, 2.24) is 24.7 Å². The third-order valence-electron chi connectivity index (χ3n) is 3.45. The highest BCUT2D eigenvalue weighted by molar-refractivity contribution is 5.52. The first-order chi connectivity index (χ1) is 11.5. The predicted molar refractivity (Wildman–Crippen MR) is 102 cm³/mol. The largest absolute Gasteiger partial charge is 0.308 e. The Morgan fingerprint density at radius 2 is 1.04 bits per heavy atom. The second-order valence-electron chi connectivity index (χ2n) is 6.34. The summed E-state index contributed by atoms with van der Waals surface area (Å²) in [6.07, 6.45) is 3.54. The standard InChI is InChI=1S/C10H8N2.C9H23N3/c1-3-7-11-9(5-1)10-6-2-4-8-12-10;1-10(2)6-8-12(5)9-7-11(3)4/h1-8H;6-9H2,1-5H3. The van der Waals surface area contributed by atoms with Gasteiger partial charge >= 0.3 is 0 Å². The van der Waals surface area contributed by atoms with Gasteiger partial charge in [0, 0.05) is 38.6 Å². The summed E-state index contributed by atoms with van der Waals surface area (Å²) < 4.78 is 0. The molecular weight excluding hydrogens is 298 g/mol. The Balaban J connectivity index is 0.000000240. The molecule has 5 heteroatoms. The molecule has 0 spiro atoms. The molecule has 0 atom stereocenters. The number of hydrogen-bond acceptors (Lipinski definition) is 5. The summed E-state index contributed by atoms with van der Waals surface area (Å²) in [5.41, 5.74) is 1.83. The molecule has 5 nitrogen and oxygen atoms in total. The van der Waals surface area contributed by atoms with E-state index in [1.165, 1.54) is 0 Å². The fraction of sp³-hybridized carbons (Fsp3) is 0.474. The zero-order chi connectivity index (χ0) is 17.8. The minimum Gasteiger partial charge on any atom is -0.308 e. The van der Waals surface area contributed by atoms with Gasteiger partial charge in [0.15, 0.2) is 0 Å². The van der Waals surface area contributed by atoms with E-state index in [1.807, 2.05) is 36.4 Å². The Morgan fingerprint density at radius 1 is 0.625 bits per heavy atom. The number of nitrogens with zero attached hydrogens (tertiary/aromatic N) is 5. The van der Waals surface area contributed by atoms with Crippen LogP contribution in [0.15, 0.2) is 48.8 Å². The zero-order valence-corrected chi connectivity index (χ0v) is 15.7. The summed E-state index contributed by atoms with van der Waals surface area (Å²) in [6, 6.07) is 11.6. The Labute approximate surface area is 146 Å². The highest BCUT2D eigenvalue weighted by Gasteiger charge is 1.99. The monoisotopic (exact) mass is 329 g/mol. The highest BCUT2D eigenvalue weighted by atomic mass is 15.2. The van der Waals surface area contributed by atoms with Gasteiger partial charge in [-0.25, -0.2) is 0 Å². The number of rotatable bonds is 7. The van der Waals surface area contributed by atoms with Crippen molar-refractivity contribution in [3.05, 3.63) is 48.8 Å². The Bertz CT molecular complexity index is 478. The van der Waals surface area contributed by atoms with Gasteiger partial charge in [0.25, 0.3) is 0 Å². The Hall–Kier alpha value is -1.82. The molecule has 0 aliphatic carbocycles. The van der Waals surface area contributed by atoms with Crippen molar-refractivity contribution in [2.75, 3.05) is 61.4 Å². The summed E-state index contributed by atoms with van der Waals surface area (Å²) in [4.78, 5) is 15.2. The maximum atomic E-state index is 4.19. The number of hydrogen-bond donors (Lipinski definition) is 0. The van der Waals surface area contributed by atoms with Crippen LogP contribution in [-0.2, 0) is 0 Å². The first-order valence-electron chi connectivity index (χ1n) is 8.29. The molecule has 2 aromatic heterocycles. The molecular formula is C19H31N5. The molecule has 0 bridgehead atoms. The van der Waals surface area contributed by atoms with Crippen molar-refractivity contribution in [3.63, 3.8) is 0 Å². The molecule has 0 radical (unpaired) electrons. The number of pyridine rings is 2.